The van der Waals surface area contributed by atoms with Crippen LogP contribution in [-0.2, 0) is 0 Å². The fourth-order valence-corrected chi connectivity index (χ4v) is 2.51. The molecule has 0 saturated heterocycles. The molecule has 0 aliphatic heterocycles. The highest BCUT2D eigenvalue weighted by atomic mass is 15.1. The van der Waals surface area contributed by atoms with E-state index in [0.717, 1.165) is 28.2 Å². The molecule has 0 aliphatic rings. The lowest BCUT2D eigenvalue weighted by Crippen LogP contribution is -1.99. The van der Waals surface area contributed by atoms with E-state index in [1.807, 2.05) is 42.2 Å². The van der Waals surface area contributed by atoms with E-state index in [1.165, 1.54) is 5.39 Å². The second-order valence-electron chi connectivity index (χ2n) is 4.63. The first-order chi connectivity index (χ1) is 9.86. The number of benzene rings is 1. The maximum absolute atomic E-state index is 4.67. The van der Waals surface area contributed by atoms with E-state index in [0.29, 0.717) is 0 Å². The van der Waals surface area contributed by atoms with Gasteiger partial charge in [0.2, 0.25) is 0 Å². The Labute approximate surface area is 115 Å². The van der Waals surface area contributed by atoms with Crippen molar-refractivity contribution < 1.29 is 0 Å². The largest absolute Gasteiger partial charge is 0.370 e. The standard InChI is InChI=1S/C15H13N5/c1-16-14-15-17-6-7-20(15)9-13(19-14)11-8-18-12-5-3-2-4-10(11)12/h2-9,18H,1H3,(H,16,19). The summed E-state index contributed by atoms with van der Waals surface area (Å²) in [7, 11) is 1.86. The van der Waals surface area contributed by atoms with Crippen molar-refractivity contribution in [3.8, 4) is 11.3 Å². The van der Waals surface area contributed by atoms with Crippen LogP contribution in [0.2, 0.25) is 0 Å². The van der Waals surface area contributed by atoms with Gasteiger partial charge in [-0.2, -0.15) is 0 Å². The number of para-hydroxylation sites is 1. The number of aromatic nitrogens is 4. The Balaban J connectivity index is 2.02. The lowest BCUT2D eigenvalue weighted by Gasteiger charge is -2.06. The van der Waals surface area contributed by atoms with Crippen molar-refractivity contribution in [1.82, 2.24) is 19.4 Å². The molecule has 0 saturated carbocycles. The molecule has 5 heteroatoms. The van der Waals surface area contributed by atoms with Crippen LogP contribution in [0.1, 0.15) is 0 Å². The number of nitrogens with zero attached hydrogens (tertiary/aromatic N) is 3. The minimum atomic E-state index is 0.776. The summed E-state index contributed by atoms with van der Waals surface area (Å²) >= 11 is 0. The maximum Gasteiger partial charge on any atom is 0.180 e. The molecule has 0 radical (unpaired) electrons. The monoisotopic (exact) mass is 263 g/mol. The summed E-state index contributed by atoms with van der Waals surface area (Å²) in [5, 5.41) is 4.27. The molecule has 2 N–H and O–H groups in total. The smallest absolute Gasteiger partial charge is 0.180 e. The average molecular weight is 263 g/mol. The molecular weight excluding hydrogens is 250 g/mol. The first kappa shape index (κ1) is 11.0. The van der Waals surface area contributed by atoms with E-state index in [9.17, 15) is 0 Å². The van der Waals surface area contributed by atoms with Gasteiger partial charge in [0.1, 0.15) is 0 Å². The molecule has 98 valence electrons. The highest BCUT2D eigenvalue weighted by molar-refractivity contribution is 5.94. The third-order valence-corrected chi connectivity index (χ3v) is 3.48. The van der Waals surface area contributed by atoms with Gasteiger partial charge in [-0.25, -0.2) is 9.97 Å². The third-order valence-electron chi connectivity index (χ3n) is 3.48. The van der Waals surface area contributed by atoms with Crippen LogP contribution in [0, 0.1) is 0 Å². The maximum atomic E-state index is 4.67. The molecule has 3 aromatic heterocycles. The number of H-pyrrole nitrogens is 1. The fraction of sp³-hybridized carbons (Fsp3) is 0.0667. The van der Waals surface area contributed by atoms with Gasteiger partial charge in [-0.15, -0.1) is 0 Å². The first-order valence-electron chi connectivity index (χ1n) is 6.45. The zero-order chi connectivity index (χ0) is 13.5. The number of hydrogen-bond acceptors (Lipinski definition) is 3. The Kier molecular flexibility index (Phi) is 2.26. The van der Waals surface area contributed by atoms with Gasteiger partial charge in [-0.1, -0.05) is 18.2 Å². The van der Waals surface area contributed by atoms with Crippen LogP contribution in [0.3, 0.4) is 0 Å². The zero-order valence-electron chi connectivity index (χ0n) is 11.0. The number of rotatable bonds is 2. The second-order valence-corrected chi connectivity index (χ2v) is 4.63. The van der Waals surface area contributed by atoms with Crippen molar-refractivity contribution in [3.05, 3.63) is 49.1 Å². The highest BCUT2D eigenvalue weighted by Gasteiger charge is 2.11. The molecule has 0 amide bonds. The van der Waals surface area contributed by atoms with Crippen molar-refractivity contribution in [3.63, 3.8) is 0 Å². The van der Waals surface area contributed by atoms with Gasteiger partial charge in [0, 0.05) is 48.3 Å². The normalized spacial score (nSPS) is 11.2. The summed E-state index contributed by atoms with van der Waals surface area (Å²) in [4.78, 5) is 12.3. The predicted octanol–water partition coefficient (Wildman–Crippen LogP) is 2.92. The molecule has 0 atom stereocenters. The van der Waals surface area contributed by atoms with E-state index >= 15 is 0 Å². The van der Waals surface area contributed by atoms with Crippen LogP contribution in [-0.4, -0.2) is 26.4 Å². The van der Waals surface area contributed by atoms with Crippen molar-refractivity contribution >= 4 is 22.4 Å². The molecule has 0 fully saturated rings. The van der Waals surface area contributed by atoms with Gasteiger partial charge >= 0.3 is 0 Å². The predicted molar refractivity (Wildman–Crippen MR) is 79.8 cm³/mol. The molecule has 4 aromatic rings. The number of fused-ring (bicyclic) bond motifs is 2. The molecule has 5 nitrogen and oxygen atoms in total. The van der Waals surface area contributed by atoms with Crippen molar-refractivity contribution in [1.29, 1.82) is 0 Å². The van der Waals surface area contributed by atoms with E-state index in [2.05, 4.69) is 32.4 Å². The minimum Gasteiger partial charge on any atom is -0.370 e. The van der Waals surface area contributed by atoms with E-state index in [1.54, 1.807) is 6.20 Å². The number of anilines is 1. The molecule has 0 bridgehead atoms. The summed E-state index contributed by atoms with van der Waals surface area (Å²) in [6.07, 6.45) is 7.70. The van der Waals surface area contributed by atoms with Crippen LogP contribution in [0.5, 0.6) is 0 Å². The van der Waals surface area contributed by atoms with Gasteiger partial charge in [-0.05, 0) is 6.07 Å². The molecule has 20 heavy (non-hydrogen) atoms. The van der Waals surface area contributed by atoms with Gasteiger partial charge in [0.25, 0.3) is 0 Å². The Morgan fingerprint density at radius 3 is 3.05 bits per heavy atom. The van der Waals surface area contributed by atoms with E-state index < -0.39 is 0 Å². The molecule has 4 rings (SSSR count). The van der Waals surface area contributed by atoms with Gasteiger partial charge < -0.3 is 14.7 Å². The Bertz CT molecular complexity index is 903. The van der Waals surface area contributed by atoms with Crippen LogP contribution < -0.4 is 5.32 Å². The van der Waals surface area contributed by atoms with Gasteiger partial charge in [-0.3, -0.25) is 0 Å². The Morgan fingerprint density at radius 2 is 2.15 bits per heavy atom. The highest BCUT2D eigenvalue weighted by Crippen LogP contribution is 2.28. The zero-order valence-corrected chi connectivity index (χ0v) is 11.0. The molecule has 1 aromatic carbocycles. The van der Waals surface area contributed by atoms with Crippen LogP contribution in [0.25, 0.3) is 27.8 Å². The lowest BCUT2D eigenvalue weighted by molar-refractivity contribution is 1.13. The summed E-state index contributed by atoms with van der Waals surface area (Å²) in [6, 6.07) is 8.22. The number of aromatic amines is 1. The number of hydrogen-bond donors (Lipinski definition) is 2. The van der Waals surface area contributed by atoms with Gasteiger partial charge in [0.05, 0.1) is 5.69 Å². The van der Waals surface area contributed by atoms with Crippen LogP contribution in [0.15, 0.2) is 49.1 Å². The molecular formula is C15H13N5. The summed E-state index contributed by atoms with van der Waals surface area (Å²) < 4.78 is 1.98. The topological polar surface area (TPSA) is 58.0 Å². The first-order valence-corrected chi connectivity index (χ1v) is 6.45. The van der Waals surface area contributed by atoms with Crippen LogP contribution >= 0.6 is 0 Å². The lowest BCUT2D eigenvalue weighted by atomic mass is 10.1. The summed E-state index contributed by atoms with van der Waals surface area (Å²) in [5.41, 5.74) is 3.95. The van der Waals surface area contributed by atoms with E-state index in [4.69, 9.17) is 0 Å². The summed E-state index contributed by atoms with van der Waals surface area (Å²) in [5.74, 6) is 0.776. The molecule has 3 heterocycles. The summed E-state index contributed by atoms with van der Waals surface area (Å²) in [6.45, 7) is 0. The molecule has 0 unspecified atom stereocenters. The van der Waals surface area contributed by atoms with Crippen molar-refractivity contribution in [2.75, 3.05) is 12.4 Å². The van der Waals surface area contributed by atoms with Crippen molar-refractivity contribution in [2.24, 2.45) is 0 Å². The third kappa shape index (κ3) is 1.50. The minimum absolute atomic E-state index is 0.776. The number of imidazole rings is 1. The SMILES string of the molecule is CNc1nc(-c2c[nH]c3ccccc23)cn2ccnc12. The Morgan fingerprint density at radius 1 is 1.25 bits per heavy atom. The number of nitrogens with one attached hydrogen (secondary N) is 2. The Hall–Kier alpha value is -2.82. The van der Waals surface area contributed by atoms with Crippen LogP contribution in [0.4, 0.5) is 5.82 Å². The molecule has 0 spiro atoms. The quantitative estimate of drug-likeness (QED) is 0.584. The second kappa shape index (κ2) is 4.09. The van der Waals surface area contributed by atoms with Crippen molar-refractivity contribution in [2.45, 2.75) is 0 Å². The van der Waals surface area contributed by atoms with Gasteiger partial charge in [0.15, 0.2) is 11.5 Å². The fourth-order valence-electron chi connectivity index (χ4n) is 2.51. The van der Waals surface area contributed by atoms with E-state index in [-0.39, 0.29) is 0 Å². The molecule has 0 aliphatic carbocycles. The average Bonchev–Trinajstić information content (AvgIpc) is 3.12.